The lowest BCUT2D eigenvalue weighted by Gasteiger charge is -2.46. The first-order chi connectivity index (χ1) is 8.98. The number of carbonyl (C=O) groups excluding carboxylic acids is 1. The average Bonchev–Trinajstić information content (AvgIpc) is 3.14. The van der Waals surface area contributed by atoms with E-state index in [9.17, 15) is 9.90 Å². The van der Waals surface area contributed by atoms with E-state index in [4.69, 9.17) is 11.6 Å². The number of likely N-dealkylation sites (tertiary alicyclic amines) is 1. The molecule has 1 aliphatic heterocycles. The minimum atomic E-state index is -0.637. The number of anilines is 1. The molecule has 2 amide bonds. The SMILES string of the molecule is Cc1ccc(NC(=O)N2CC(O)(C3CC3)C2)cc1Cl. The van der Waals surface area contributed by atoms with Crippen molar-refractivity contribution < 1.29 is 9.90 Å². The Kier molecular flexibility index (Phi) is 2.95. The van der Waals surface area contributed by atoms with E-state index in [-0.39, 0.29) is 6.03 Å². The minimum Gasteiger partial charge on any atom is -0.386 e. The summed E-state index contributed by atoms with van der Waals surface area (Å²) in [6.07, 6.45) is 2.17. The molecule has 1 heterocycles. The Morgan fingerprint density at radius 3 is 2.74 bits per heavy atom. The maximum Gasteiger partial charge on any atom is 0.322 e. The van der Waals surface area contributed by atoms with Crippen LogP contribution in [0.1, 0.15) is 18.4 Å². The molecule has 1 aromatic rings. The number of aryl methyl sites for hydroxylation is 1. The second-order valence-electron chi connectivity index (χ2n) is 5.63. The fourth-order valence-corrected chi connectivity index (χ4v) is 2.69. The third kappa shape index (κ3) is 2.42. The summed E-state index contributed by atoms with van der Waals surface area (Å²) in [7, 11) is 0. The molecule has 1 saturated carbocycles. The molecule has 1 aromatic carbocycles. The maximum absolute atomic E-state index is 12.0. The molecule has 0 atom stereocenters. The van der Waals surface area contributed by atoms with E-state index in [0.29, 0.717) is 29.7 Å². The van der Waals surface area contributed by atoms with Crippen molar-refractivity contribution in [3.63, 3.8) is 0 Å². The van der Waals surface area contributed by atoms with Gasteiger partial charge in [0.2, 0.25) is 0 Å². The monoisotopic (exact) mass is 280 g/mol. The molecule has 5 heteroatoms. The van der Waals surface area contributed by atoms with E-state index in [1.807, 2.05) is 19.1 Å². The molecule has 0 spiro atoms. The zero-order valence-electron chi connectivity index (χ0n) is 10.8. The van der Waals surface area contributed by atoms with Crippen LogP contribution in [0.3, 0.4) is 0 Å². The zero-order chi connectivity index (χ0) is 13.6. The van der Waals surface area contributed by atoms with E-state index < -0.39 is 5.60 Å². The van der Waals surface area contributed by atoms with Crippen molar-refractivity contribution in [3.05, 3.63) is 28.8 Å². The predicted octanol–water partition coefficient (Wildman–Crippen LogP) is 2.64. The molecule has 0 radical (unpaired) electrons. The number of halogens is 1. The summed E-state index contributed by atoms with van der Waals surface area (Å²) in [5.74, 6) is 0.394. The summed E-state index contributed by atoms with van der Waals surface area (Å²) in [6, 6.07) is 5.26. The molecule has 0 aromatic heterocycles. The molecular weight excluding hydrogens is 264 g/mol. The first-order valence-corrected chi connectivity index (χ1v) is 6.90. The van der Waals surface area contributed by atoms with Gasteiger partial charge in [0.15, 0.2) is 0 Å². The topological polar surface area (TPSA) is 52.6 Å². The van der Waals surface area contributed by atoms with Crippen molar-refractivity contribution in [2.45, 2.75) is 25.4 Å². The summed E-state index contributed by atoms with van der Waals surface area (Å²) in [5.41, 5.74) is 1.02. The van der Waals surface area contributed by atoms with Gasteiger partial charge in [-0.2, -0.15) is 0 Å². The number of hydrogen-bond donors (Lipinski definition) is 2. The number of rotatable bonds is 2. The highest BCUT2D eigenvalue weighted by molar-refractivity contribution is 6.31. The largest absolute Gasteiger partial charge is 0.386 e. The highest BCUT2D eigenvalue weighted by atomic mass is 35.5. The lowest BCUT2D eigenvalue weighted by Crippen LogP contribution is -2.65. The standard InChI is InChI=1S/C14H17ClN2O2/c1-9-2-5-11(6-12(9)15)16-13(18)17-7-14(19,8-17)10-3-4-10/h2,5-6,10,19H,3-4,7-8H2,1H3,(H,16,18). The van der Waals surface area contributed by atoms with Gasteiger partial charge in [0, 0.05) is 10.7 Å². The number of benzene rings is 1. The summed E-state index contributed by atoms with van der Waals surface area (Å²) >= 11 is 6.01. The van der Waals surface area contributed by atoms with Crippen molar-refractivity contribution in [2.24, 2.45) is 5.92 Å². The molecule has 19 heavy (non-hydrogen) atoms. The predicted molar refractivity (Wildman–Crippen MR) is 74.5 cm³/mol. The molecule has 4 nitrogen and oxygen atoms in total. The van der Waals surface area contributed by atoms with Crippen molar-refractivity contribution >= 4 is 23.3 Å². The molecule has 2 fully saturated rings. The van der Waals surface area contributed by atoms with Crippen LogP contribution in [0.15, 0.2) is 18.2 Å². The molecule has 2 N–H and O–H groups in total. The van der Waals surface area contributed by atoms with Gasteiger partial charge in [0.05, 0.1) is 13.1 Å². The maximum atomic E-state index is 12.0. The average molecular weight is 281 g/mol. The summed E-state index contributed by atoms with van der Waals surface area (Å²) in [6.45, 7) is 2.78. The Balaban J connectivity index is 1.58. The fourth-order valence-electron chi connectivity index (χ4n) is 2.51. The van der Waals surface area contributed by atoms with Crippen molar-refractivity contribution in [2.75, 3.05) is 18.4 Å². The minimum absolute atomic E-state index is 0.176. The number of hydrogen-bond acceptors (Lipinski definition) is 2. The Hall–Kier alpha value is -1.26. The van der Waals surface area contributed by atoms with E-state index in [1.54, 1.807) is 11.0 Å². The van der Waals surface area contributed by atoms with E-state index in [1.165, 1.54) is 0 Å². The van der Waals surface area contributed by atoms with Crippen molar-refractivity contribution in [1.82, 2.24) is 4.90 Å². The molecule has 1 saturated heterocycles. The number of aliphatic hydroxyl groups is 1. The first kappa shape index (κ1) is 12.8. The van der Waals surface area contributed by atoms with Crippen LogP contribution in [0.5, 0.6) is 0 Å². The highest BCUT2D eigenvalue weighted by Crippen LogP contribution is 2.44. The van der Waals surface area contributed by atoms with Crippen LogP contribution < -0.4 is 5.32 Å². The molecular formula is C14H17ClN2O2. The van der Waals surface area contributed by atoms with Crippen LogP contribution in [-0.2, 0) is 0 Å². The molecule has 102 valence electrons. The summed E-state index contributed by atoms with van der Waals surface area (Å²) in [4.78, 5) is 13.6. The number of urea groups is 1. The van der Waals surface area contributed by atoms with E-state index >= 15 is 0 Å². The Labute approximate surface area is 117 Å². The number of nitrogens with one attached hydrogen (secondary N) is 1. The number of nitrogens with zero attached hydrogens (tertiary/aromatic N) is 1. The molecule has 0 unspecified atom stereocenters. The second-order valence-corrected chi connectivity index (χ2v) is 6.04. The van der Waals surface area contributed by atoms with Gasteiger partial charge in [-0.05, 0) is 43.4 Å². The van der Waals surface area contributed by atoms with Gasteiger partial charge in [-0.3, -0.25) is 0 Å². The van der Waals surface area contributed by atoms with Crippen LogP contribution in [0.2, 0.25) is 5.02 Å². The van der Waals surface area contributed by atoms with Gasteiger partial charge in [-0.1, -0.05) is 17.7 Å². The fraction of sp³-hybridized carbons (Fsp3) is 0.500. The van der Waals surface area contributed by atoms with Crippen LogP contribution >= 0.6 is 11.6 Å². The van der Waals surface area contributed by atoms with Gasteiger partial charge in [-0.15, -0.1) is 0 Å². The lowest BCUT2D eigenvalue weighted by molar-refractivity contribution is -0.0897. The van der Waals surface area contributed by atoms with Gasteiger partial charge >= 0.3 is 6.03 Å². The van der Waals surface area contributed by atoms with E-state index in [0.717, 1.165) is 18.4 Å². The van der Waals surface area contributed by atoms with Gasteiger partial charge in [-0.25, -0.2) is 4.79 Å². The van der Waals surface area contributed by atoms with Gasteiger partial charge < -0.3 is 15.3 Å². The molecule has 3 rings (SSSR count). The normalized spacial score (nSPS) is 20.9. The Morgan fingerprint density at radius 1 is 1.47 bits per heavy atom. The zero-order valence-corrected chi connectivity index (χ0v) is 11.6. The third-order valence-electron chi connectivity index (χ3n) is 3.98. The van der Waals surface area contributed by atoms with Crippen LogP contribution in [0, 0.1) is 12.8 Å². The van der Waals surface area contributed by atoms with Gasteiger partial charge in [0.25, 0.3) is 0 Å². The quantitative estimate of drug-likeness (QED) is 0.875. The summed E-state index contributed by atoms with van der Waals surface area (Å²) in [5, 5.41) is 13.6. The lowest BCUT2D eigenvalue weighted by atomic mass is 9.89. The number of amides is 2. The Morgan fingerprint density at radius 2 is 2.16 bits per heavy atom. The highest BCUT2D eigenvalue weighted by Gasteiger charge is 2.53. The van der Waals surface area contributed by atoms with Crippen LogP contribution in [0.4, 0.5) is 10.5 Å². The van der Waals surface area contributed by atoms with Crippen LogP contribution in [0.25, 0.3) is 0 Å². The Bertz CT molecular complexity index is 522. The first-order valence-electron chi connectivity index (χ1n) is 6.52. The third-order valence-corrected chi connectivity index (χ3v) is 4.38. The smallest absolute Gasteiger partial charge is 0.322 e. The van der Waals surface area contributed by atoms with Gasteiger partial charge in [0.1, 0.15) is 5.60 Å². The van der Waals surface area contributed by atoms with E-state index in [2.05, 4.69) is 5.32 Å². The van der Waals surface area contributed by atoms with Crippen molar-refractivity contribution in [3.8, 4) is 0 Å². The summed E-state index contributed by atoms with van der Waals surface area (Å²) < 4.78 is 0. The molecule has 2 aliphatic rings. The number of β-amino-alcohol motifs (C(OH)–C–C–N with tert-alkyl or cyclic N) is 1. The number of carbonyl (C=O) groups is 1. The second kappa shape index (κ2) is 4.39. The molecule has 1 aliphatic carbocycles. The van der Waals surface area contributed by atoms with Crippen LogP contribution in [-0.4, -0.2) is 34.7 Å². The van der Waals surface area contributed by atoms with Crippen molar-refractivity contribution in [1.29, 1.82) is 0 Å². The molecule has 0 bridgehead atoms.